The number of cyclic esters (lactones) is 1. The summed E-state index contributed by atoms with van der Waals surface area (Å²) in [6, 6.07) is 12.7. The van der Waals surface area contributed by atoms with E-state index in [4.69, 9.17) is 19.9 Å². The molecule has 1 amide bonds. The Morgan fingerprint density at radius 1 is 1.12 bits per heavy atom. The SMILES string of the molecule is COc1ccc(C2=NN(Cc3ccc(N)cc3)C(=O)OC2)cc1OC. The van der Waals surface area contributed by atoms with Crippen LogP contribution in [0.25, 0.3) is 0 Å². The molecule has 2 aromatic carbocycles. The first-order valence-corrected chi connectivity index (χ1v) is 7.69. The molecule has 0 bridgehead atoms. The summed E-state index contributed by atoms with van der Waals surface area (Å²) in [5.74, 6) is 1.21. The van der Waals surface area contributed by atoms with Crippen molar-refractivity contribution in [3.8, 4) is 11.5 Å². The first-order chi connectivity index (χ1) is 12.1. The van der Waals surface area contributed by atoms with Crippen molar-refractivity contribution in [1.29, 1.82) is 0 Å². The van der Waals surface area contributed by atoms with Gasteiger partial charge >= 0.3 is 6.09 Å². The van der Waals surface area contributed by atoms with Crippen molar-refractivity contribution in [1.82, 2.24) is 5.01 Å². The zero-order valence-corrected chi connectivity index (χ0v) is 14.1. The fourth-order valence-corrected chi connectivity index (χ4v) is 2.47. The molecule has 0 spiro atoms. The van der Waals surface area contributed by atoms with E-state index >= 15 is 0 Å². The number of methoxy groups -OCH3 is 2. The Labute approximate surface area is 145 Å². The lowest BCUT2D eigenvalue weighted by Crippen LogP contribution is -2.35. The van der Waals surface area contributed by atoms with Crippen molar-refractivity contribution in [2.24, 2.45) is 5.10 Å². The highest BCUT2D eigenvalue weighted by atomic mass is 16.6. The van der Waals surface area contributed by atoms with Crippen LogP contribution < -0.4 is 15.2 Å². The van der Waals surface area contributed by atoms with Crippen LogP contribution >= 0.6 is 0 Å². The summed E-state index contributed by atoms with van der Waals surface area (Å²) in [5, 5.41) is 5.72. The standard InChI is InChI=1S/C18H19N3O4/c1-23-16-8-5-13(9-17(16)24-2)15-11-25-18(22)21(20-15)10-12-3-6-14(19)7-4-12/h3-9H,10-11,19H2,1-2H3. The fraction of sp³-hybridized carbons (Fsp3) is 0.222. The zero-order valence-electron chi connectivity index (χ0n) is 14.1. The van der Waals surface area contributed by atoms with Gasteiger partial charge in [0.05, 0.1) is 20.8 Å². The summed E-state index contributed by atoms with van der Waals surface area (Å²) >= 11 is 0. The third kappa shape index (κ3) is 3.65. The van der Waals surface area contributed by atoms with Crippen LogP contribution in [0.1, 0.15) is 11.1 Å². The van der Waals surface area contributed by atoms with E-state index in [2.05, 4.69) is 5.10 Å². The van der Waals surface area contributed by atoms with E-state index in [1.54, 1.807) is 38.5 Å². The molecule has 0 radical (unpaired) electrons. The van der Waals surface area contributed by atoms with Gasteiger partial charge in [-0.05, 0) is 35.9 Å². The largest absolute Gasteiger partial charge is 0.493 e. The number of rotatable bonds is 5. The first kappa shape index (κ1) is 16.6. The predicted molar refractivity (Wildman–Crippen MR) is 93.8 cm³/mol. The smallest absolute Gasteiger partial charge is 0.431 e. The number of anilines is 1. The molecule has 0 aliphatic carbocycles. The maximum atomic E-state index is 12.0. The van der Waals surface area contributed by atoms with Crippen molar-refractivity contribution in [3.63, 3.8) is 0 Å². The Hall–Kier alpha value is -3.22. The quantitative estimate of drug-likeness (QED) is 0.845. The number of nitrogens with two attached hydrogens (primary N) is 1. The number of hydrogen-bond acceptors (Lipinski definition) is 6. The minimum absolute atomic E-state index is 0.104. The van der Waals surface area contributed by atoms with Crippen LogP contribution in [0.15, 0.2) is 47.6 Å². The molecule has 1 aliphatic rings. The molecule has 130 valence electrons. The van der Waals surface area contributed by atoms with Gasteiger partial charge in [0.15, 0.2) is 11.5 Å². The number of benzene rings is 2. The van der Waals surface area contributed by atoms with Gasteiger partial charge in [-0.2, -0.15) is 10.1 Å². The highest BCUT2D eigenvalue weighted by Gasteiger charge is 2.23. The highest BCUT2D eigenvalue weighted by Crippen LogP contribution is 2.28. The summed E-state index contributed by atoms with van der Waals surface area (Å²) in [5.41, 5.74) is 8.69. The number of nitrogens with zero attached hydrogens (tertiary/aromatic N) is 2. The Bertz CT molecular complexity index is 802. The van der Waals surface area contributed by atoms with Crippen molar-refractivity contribution in [3.05, 3.63) is 53.6 Å². The minimum Gasteiger partial charge on any atom is -0.493 e. The number of nitrogen functional groups attached to an aromatic ring is 1. The monoisotopic (exact) mass is 341 g/mol. The van der Waals surface area contributed by atoms with Gasteiger partial charge in [-0.1, -0.05) is 12.1 Å². The molecule has 25 heavy (non-hydrogen) atoms. The average molecular weight is 341 g/mol. The lowest BCUT2D eigenvalue weighted by atomic mass is 10.1. The summed E-state index contributed by atoms with van der Waals surface area (Å²) in [7, 11) is 3.14. The molecule has 0 aromatic heterocycles. The first-order valence-electron chi connectivity index (χ1n) is 7.69. The highest BCUT2D eigenvalue weighted by molar-refractivity contribution is 6.04. The summed E-state index contributed by atoms with van der Waals surface area (Å²) in [6.45, 7) is 0.405. The lowest BCUT2D eigenvalue weighted by molar-refractivity contribution is 0.104. The topological polar surface area (TPSA) is 86.4 Å². The molecule has 7 heteroatoms. The van der Waals surface area contributed by atoms with Gasteiger partial charge in [0.1, 0.15) is 12.3 Å². The number of hydrazone groups is 1. The molecule has 0 fully saturated rings. The maximum absolute atomic E-state index is 12.0. The number of hydrogen-bond donors (Lipinski definition) is 1. The lowest BCUT2D eigenvalue weighted by Gasteiger charge is -2.24. The van der Waals surface area contributed by atoms with Crippen molar-refractivity contribution in [2.45, 2.75) is 6.54 Å². The molecule has 1 aliphatic heterocycles. The van der Waals surface area contributed by atoms with Crippen LogP contribution in [0.3, 0.4) is 0 Å². The van der Waals surface area contributed by atoms with Gasteiger partial charge in [0.2, 0.25) is 0 Å². The van der Waals surface area contributed by atoms with Crippen LogP contribution in [0.4, 0.5) is 10.5 Å². The van der Waals surface area contributed by atoms with Crippen LogP contribution in [0, 0.1) is 0 Å². The van der Waals surface area contributed by atoms with E-state index in [9.17, 15) is 4.79 Å². The van der Waals surface area contributed by atoms with Crippen molar-refractivity contribution >= 4 is 17.5 Å². The van der Waals surface area contributed by atoms with Gasteiger partial charge in [0, 0.05) is 11.3 Å². The van der Waals surface area contributed by atoms with E-state index < -0.39 is 6.09 Å². The molecule has 0 unspecified atom stereocenters. The Morgan fingerprint density at radius 3 is 2.52 bits per heavy atom. The number of carbonyl (C=O) groups excluding carboxylic acids is 1. The normalized spacial score (nSPS) is 13.9. The Morgan fingerprint density at radius 2 is 1.84 bits per heavy atom. The Kier molecular flexibility index (Phi) is 4.74. The second-order valence-corrected chi connectivity index (χ2v) is 5.47. The van der Waals surface area contributed by atoms with E-state index in [0.717, 1.165) is 11.1 Å². The molecule has 0 saturated carbocycles. The van der Waals surface area contributed by atoms with Crippen molar-refractivity contribution in [2.75, 3.05) is 26.6 Å². The summed E-state index contributed by atoms with van der Waals surface area (Å²) < 4.78 is 15.8. The maximum Gasteiger partial charge on any atom is 0.431 e. The molecule has 2 N–H and O–H groups in total. The molecule has 1 heterocycles. The van der Waals surface area contributed by atoms with E-state index in [1.165, 1.54) is 5.01 Å². The fourth-order valence-electron chi connectivity index (χ4n) is 2.47. The molecule has 7 nitrogen and oxygen atoms in total. The molecular weight excluding hydrogens is 322 g/mol. The molecule has 0 atom stereocenters. The van der Waals surface area contributed by atoms with Gasteiger partial charge in [-0.15, -0.1) is 0 Å². The van der Waals surface area contributed by atoms with Gasteiger partial charge in [-0.25, -0.2) is 4.79 Å². The molecule has 2 aromatic rings. The third-order valence-electron chi connectivity index (χ3n) is 3.81. The third-order valence-corrected chi connectivity index (χ3v) is 3.81. The zero-order chi connectivity index (χ0) is 17.8. The van der Waals surface area contributed by atoms with Crippen LogP contribution in [0.2, 0.25) is 0 Å². The van der Waals surface area contributed by atoms with E-state index in [1.807, 2.05) is 18.2 Å². The van der Waals surface area contributed by atoms with Crippen molar-refractivity contribution < 1.29 is 19.0 Å². The van der Waals surface area contributed by atoms with Gasteiger partial charge < -0.3 is 19.9 Å². The molecule has 3 rings (SSSR count). The molecular formula is C18H19N3O4. The van der Waals surface area contributed by atoms with Crippen LogP contribution in [0.5, 0.6) is 11.5 Å². The minimum atomic E-state index is -0.485. The van der Waals surface area contributed by atoms with E-state index in [0.29, 0.717) is 29.4 Å². The number of carbonyl (C=O) groups is 1. The van der Waals surface area contributed by atoms with Gasteiger partial charge in [0.25, 0.3) is 0 Å². The predicted octanol–water partition coefficient (Wildman–Crippen LogP) is 2.64. The summed E-state index contributed by atoms with van der Waals surface area (Å²) in [4.78, 5) is 12.0. The number of ether oxygens (including phenoxy) is 3. The van der Waals surface area contributed by atoms with E-state index in [-0.39, 0.29) is 6.61 Å². The van der Waals surface area contributed by atoms with Crippen LogP contribution in [-0.2, 0) is 11.3 Å². The Balaban J connectivity index is 1.86. The van der Waals surface area contributed by atoms with Gasteiger partial charge in [-0.3, -0.25) is 0 Å². The second kappa shape index (κ2) is 7.12. The number of amides is 1. The summed E-state index contributed by atoms with van der Waals surface area (Å²) in [6.07, 6.45) is -0.485. The second-order valence-electron chi connectivity index (χ2n) is 5.47. The average Bonchev–Trinajstić information content (AvgIpc) is 2.64. The molecule has 0 saturated heterocycles. The van der Waals surface area contributed by atoms with Crippen LogP contribution in [-0.4, -0.2) is 37.6 Å².